The molecule has 0 fully saturated rings. The van der Waals surface area contributed by atoms with E-state index in [4.69, 9.17) is 0 Å². The van der Waals surface area contributed by atoms with E-state index in [1.54, 1.807) is 0 Å². The van der Waals surface area contributed by atoms with E-state index < -0.39 is 0 Å². The Balaban J connectivity index is 0.000000160. The van der Waals surface area contributed by atoms with E-state index in [0.29, 0.717) is 0 Å². The van der Waals surface area contributed by atoms with E-state index in [-0.39, 0.29) is 0 Å². The van der Waals surface area contributed by atoms with Gasteiger partial charge in [0.25, 0.3) is 0 Å². The molecule has 0 bridgehead atoms. The number of hydrogen-bond donors (Lipinski definition) is 2. The summed E-state index contributed by atoms with van der Waals surface area (Å²) in [5.74, 6) is 0. The molecule has 0 saturated carbocycles. The van der Waals surface area contributed by atoms with Gasteiger partial charge in [-0.1, -0.05) is 0 Å². The average Bonchev–Trinajstić information content (AvgIpc) is 2.70. The average molecular weight is 220 g/mol. The number of nitrogens with one attached hydrogen (secondary N) is 2. The van der Waals surface area contributed by atoms with Crippen molar-refractivity contribution in [2.24, 2.45) is 0 Å². The Labute approximate surface area is 96.5 Å². The van der Waals surface area contributed by atoms with E-state index in [1.807, 2.05) is 27.7 Å². The molecule has 0 radical (unpaired) electrons. The van der Waals surface area contributed by atoms with Crippen molar-refractivity contribution in [1.82, 2.24) is 20.4 Å². The number of aromatic nitrogens is 4. The second kappa shape index (κ2) is 4.96. The minimum absolute atomic E-state index is 1.10. The largest absolute Gasteiger partial charge is 0.282 e. The van der Waals surface area contributed by atoms with Gasteiger partial charge in [-0.2, -0.15) is 10.2 Å². The van der Waals surface area contributed by atoms with Crippen LogP contribution in [0.25, 0.3) is 0 Å². The molecule has 88 valence electrons. The van der Waals surface area contributed by atoms with Crippen LogP contribution in [0.2, 0.25) is 0 Å². The predicted molar refractivity (Wildman–Crippen MR) is 65.6 cm³/mol. The van der Waals surface area contributed by atoms with Crippen LogP contribution in [0.3, 0.4) is 0 Å². The molecule has 0 aromatic carbocycles. The van der Waals surface area contributed by atoms with Crippen LogP contribution >= 0.6 is 0 Å². The molecule has 2 aromatic heterocycles. The molecule has 2 rings (SSSR count). The van der Waals surface area contributed by atoms with E-state index in [1.165, 1.54) is 22.5 Å². The maximum Gasteiger partial charge on any atom is 0.0623 e. The highest BCUT2D eigenvalue weighted by molar-refractivity contribution is 5.20. The maximum absolute atomic E-state index is 3.99. The molecule has 0 spiro atoms. The molecule has 16 heavy (non-hydrogen) atoms. The van der Waals surface area contributed by atoms with Gasteiger partial charge in [-0.15, -0.1) is 0 Å². The second-order valence-corrected chi connectivity index (χ2v) is 4.12. The van der Waals surface area contributed by atoms with Gasteiger partial charge in [0.05, 0.1) is 11.4 Å². The summed E-state index contributed by atoms with van der Waals surface area (Å²) in [7, 11) is 0. The lowest BCUT2D eigenvalue weighted by Crippen LogP contribution is -1.73. The first-order valence-electron chi connectivity index (χ1n) is 5.39. The number of nitrogens with zero attached hydrogens (tertiary/aromatic N) is 2. The summed E-state index contributed by atoms with van der Waals surface area (Å²) in [6.45, 7) is 12.2. The van der Waals surface area contributed by atoms with Crippen LogP contribution in [0, 0.1) is 41.5 Å². The molecule has 0 aliphatic carbocycles. The van der Waals surface area contributed by atoms with Gasteiger partial charge >= 0.3 is 0 Å². The predicted octanol–water partition coefficient (Wildman–Crippen LogP) is 2.67. The first-order chi connectivity index (χ1) is 7.43. The van der Waals surface area contributed by atoms with Crippen LogP contribution < -0.4 is 0 Å². The third kappa shape index (κ3) is 2.72. The SMILES string of the molecule is Cc1n[nH]c(C)c1C.Cc1n[nH]c(C)c1C. The molecular weight excluding hydrogens is 200 g/mol. The molecule has 0 atom stereocenters. The van der Waals surface area contributed by atoms with E-state index in [2.05, 4.69) is 34.2 Å². The van der Waals surface area contributed by atoms with Crippen LogP contribution in [0.4, 0.5) is 0 Å². The van der Waals surface area contributed by atoms with Crippen molar-refractivity contribution in [3.05, 3.63) is 33.9 Å². The molecule has 2 N–H and O–H groups in total. The molecular formula is C12H20N4. The van der Waals surface area contributed by atoms with E-state index in [0.717, 1.165) is 11.4 Å². The lowest BCUT2D eigenvalue weighted by Gasteiger charge is -1.83. The number of H-pyrrole nitrogens is 2. The quantitative estimate of drug-likeness (QED) is 0.717. The summed E-state index contributed by atoms with van der Waals surface area (Å²) in [4.78, 5) is 0. The monoisotopic (exact) mass is 220 g/mol. The van der Waals surface area contributed by atoms with Crippen molar-refractivity contribution in [2.45, 2.75) is 41.5 Å². The van der Waals surface area contributed by atoms with Gasteiger partial charge in [-0.05, 0) is 52.7 Å². The molecule has 2 heterocycles. The first-order valence-corrected chi connectivity index (χ1v) is 5.39. The topological polar surface area (TPSA) is 57.4 Å². The number of hydrogen-bond acceptors (Lipinski definition) is 2. The molecule has 4 heteroatoms. The summed E-state index contributed by atoms with van der Waals surface area (Å²) in [5.41, 5.74) is 7.07. The molecule has 0 unspecified atom stereocenters. The minimum atomic E-state index is 1.10. The first kappa shape index (κ1) is 12.5. The Morgan fingerprint density at radius 1 is 0.625 bits per heavy atom. The standard InChI is InChI=1S/2C6H10N2/c2*1-4-5(2)7-8-6(4)3/h2*1-3H3,(H,7,8). The summed E-state index contributed by atoms with van der Waals surface area (Å²) >= 11 is 0. The van der Waals surface area contributed by atoms with Crippen molar-refractivity contribution in [3.63, 3.8) is 0 Å². The second-order valence-electron chi connectivity index (χ2n) is 4.12. The van der Waals surface area contributed by atoms with Crippen molar-refractivity contribution in [2.75, 3.05) is 0 Å². The zero-order chi connectivity index (χ0) is 12.3. The number of aryl methyl sites for hydroxylation is 4. The zero-order valence-electron chi connectivity index (χ0n) is 10.9. The van der Waals surface area contributed by atoms with Crippen LogP contribution in [-0.2, 0) is 0 Å². The Morgan fingerprint density at radius 3 is 1.00 bits per heavy atom. The van der Waals surface area contributed by atoms with Crippen molar-refractivity contribution >= 4 is 0 Å². The fraction of sp³-hybridized carbons (Fsp3) is 0.500. The Kier molecular flexibility index (Phi) is 3.88. The van der Waals surface area contributed by atoms with Gasteiger partial charge in [0.15, 0.2) is 0 Å². The van der Waals surface area contributed by atoms with Gasteiger partial charge in [-0.3, -0.25) is 10.2 Å². The highest BCUT2D eigenvalue weighted by Gasteiger charge is 1.97. The van der Waals surface area contributed by atoms with Crippen LogP contribution in [0.1, 0.15) is 33.9 Å². The molecule has 4 nitrogen and oxygen atoms in total. The number of aromatic amines is 2. The van der Waals surface area contributed by atoms with Gasteiger partial charge in [0.1, 0.15) is 0 Å². The Morgan fingerprint density at radius 2 is 0.938 bits per heavy atom. The third-order valence-electron chi connectivity index (χ3n) is 2.99. The van der Waals surface area contributed by atoms with Crippen molar-refractivity contribution in [1.29, 1.82) is 0 Å². The summed E-state index contributed by atoms with van der Waals surface area (Å²) in [5, 5.41) is 13.8. The van der Waals surface area contributed by atoms with Crippen LogP contribution in [-0.4, -0.2) is 20.4 Å². The fourth-order valence-electron chi connectivity index (χ4n) is 1.21. The Hall–Kier alpha value is -1.58. The maximum atomic E-state index is 3.99. The molecule has 0 amide bonds. The van der Waals surface area contributed by atoms with Gasteiger partial charge in [-0.25, -0.2) is 0 Å². The summed E-state index contributed by atoms with van der Waals surface area (Å²) in [6.07, 6.45) is 0. The fourth-order valence-corrected chi connectivity index (χ4v) is 1.21. The highest BCUT2D eigenvalue weighted by atomic mass is 15.1. The summed E-state index contributed by atoms with van der Waals surface area (Å²) < 4.78 is 0. The minimum Gasteiger partial charge on any atom is -0.282 e. The normalized spacial score (nSPS) is 9.88. The highest BCUT2D eigenvalue weighted by Crippen LogP contribution is 2.05. The van der Waals surface area contributed by atoms with Crippen LogP contribution in [0.5, 0.6) is 0 Å². The summed E-state index contributed by atoms with van der Waals surface area (Å²) in [6, 6.07) is 0. The van der Waals surface area contributed by atoms with Gasteiger partial charge < -0.3 is 0 Å². The van der Waals surface area contributed by atoms with E-state index in [9.17, 15) is 0 Å². The molecule has 0 aliphatic heterocycles. The van der Waals surface area contributed by atoms with E-state index >= 15 is 0 Å². The molecule has 2 aromatic rings. The lowest BCUT2D eigenvalue weighted by molar-refractivity contribution is 1.02. The molecule has 0 aliphatic rings. The van der Waals surface area contributed by atoms with Crippen molar-refractivity contribution < 1.29 is 0 Å². The Bertz CT molecular complexity index is 382. The number of rotatable bonds is 0. The van der Waals surface area contributed by atoms with Gasteiger partial charge in [0, 0.05) is 11.4 Å². The smallest absolute Gasteiger partial charge is 0.0623 e. The van der Waals surface area contributed by atoms with Gasteiger partial charge in [0.2, 0.25) is 0 Å². The lowest BCUT2D eigenvalue weighted by atomic mass is 10.2. The zero-order valence-corrected chi connectivity index (χ0v) is 10.9. The third-order valence-corrected chi connectivity index (χ3v) is 2.99. The van der Waals surface area contributed by atoms with Crippen molar-refractivity contribution in [3.8, 4) is 0 Å². The molecule has 0 saturated heterocycles. The van der Waals surface area contributed by atoms with Crippen LogP contribution in [0.15, 0.2) is 0 Å².